The zero-order chi connectivity index (χ0) is 34.7. The van der Waals surface area contributed by atoms with Gasteiger partial charge >= 0.3 is 0 Å². The molecule has 0 bridgehead atoms. The standard InChI is InChI=1S/C15H24O4.4C7H8/c1-11-12(2-6-16)10-13(3-7-17)15(5-9-19)14(11)4-8-18;4*1-7-5-3-2-4-6-7/h10,16-19H,2-9H2,1H3;4*2-6H,1H3. The van der Waals surface area contributed by atoms with Crippen molar-refractivity contribution in [2.45, 2.75) is 60.3 Å². The summed E-state index contributed by atoms with van der Waals surface area (Å²) >= 11 is 0. The van der Waals surface area contributed by atoms with E-state index in [0.717, 1.165) is 27.8 Å². The predicted octanol–water partition coefficient (Wildman–Crippen LogP) is 8.11. The molecular weight excluding hydrogens is 580 g/mol. The van der Waals surface area contributed by atoms with Gasteiger partial charge in [0.25, 0.3) is 0 Å². The Labute approximate surface area is 284 Å². The number of aryl methyl sites for hydroxylation is 4. The first kappa shape index (κ1) is 41.0. The molecule has 0 unspecified atom stereocenters. The van der Waals surface area contributed by atoms with Gasteiger partial charge in [-0.2, -0.15) is 0 Å². The Kier molecular flexibility index (Phi) is 22.7. The van der Waals surface area contributed by atoms with Gasteiger partial charge in [0.2, 0.25) is 0 Å². The van der Waals surface area contributed by atoms with Crippen LogP contribution in [0.15, 0.2) is 127 Å². The van der Waals surface area contributed by atoms with Crippen molar-refractivity contribution >= 4 is 0 Å². The quantitative estimate of drug-likeness (QED) is 0.139. The Hall–Kier alpha value is -4.06. The average molecular weight is 637 g/mol. The fourth-order valence-corrected chi connectivity index (χ4v) is 4.75. The predicted molar refractivity (Wildman–Crippen MR) is 199 cm³/mol. The van der Waals surface area contributed by atoms with Crippen LogP contribution in [0.4, 0.5) is 0 Å². The van der Waals surface area contributed by atoms with Crippen molar-refractivity contribution in [1.82, 2.24) is 0 Å². The second kappa shape index (κ2) is 26.1. The van der Waals surface area contributed by atoms with Crippen LogP contribution < -0.4 is 0 Å². The van der Waals surface area contributed by atoms with Gasteiger partial charge in [-0.05, 0) is 88.1 Å². The minimum Gasteiger partial charge on any atom is -0.396 e. The first-order chi connectivity index (χ1) is 22.8. The van der Waals surface area contributed by atoms with Crippen molar-refractivity contribution in [2.24, 2.45) is 0 Å². The fraction of sp³-hybridized carbons (Fsp3) is 0.302. The van der Waals surface area contributed by atoms with Crippen molar-refractivity contribution in [2.75, 3.05) is 26.4 Å². The highest BCUT2D eigenvalue weighted by Crippen LogP contribution is 2.25. The van der Waals surface area contributed by atoms with Crippen LogP contribution in [-0.2, 0) is 25.7 Å². The molecule has 0 heterocycles. The van der Waals surface area contributed by atoms with E-state index in [9.17, 15) is 10.2 Å². The Morgan fingerprint density at radius 3 is 0.872 bits per heavy atom. The number of benzene rings is 5. The molecule has 0 fully saturated rings. The van der Waals surface area contributed by atoms with Gasteiger partial charge in [0.1, 0.15) is 0 Å². The van der Waals surface area contributed by atoms with Crippen molar-refractivity contribution < 1.29 is 20.4 Å². The van der Waals surface area contributed by atoms with E-state index in [0.29, 0.717) is 25.7 Å². The molecule has 252 valence electrons. The highest BCUT2D eigenvalue weighted by molar-refractivity contribution is 5.46. The lowest BCUT2D eigenvalue weighted by Crippen LogP contribution is -2.11. The average Bonchev–Trinajstić information content (AvgIpc) is 3.08. The van der Waals surface area contributed by atoms with Crippen molar-refractivity contribution in [3.8, 4) is 0 Å². The molecule has 0 amide bonds. The third-order valence-corrected chi connectivity index (χ3v) is 7.28. The number of aliphatic hydroxyl groups excluding tert-OH is 4. The zero-order valence-corrected chi connectivity index (χ0v) is 29.1. The lowest BCUT2D eigenvalue weighted by molar-refractivity contribution is 0.288. The van der Waals surface area contributed by atoms with Gasteiger partial charge in [0.05, 0.1) is 0 Å². The summed E-state index contributed by atoms with van der Waals surface area (Å²) in [7, 11) is 0. The van der Waals surface area contributed by atoms with Gasteiger partial charge in [0, 0.05) is 26.4 Å². The second-order valence-corrected chi connectivity index (χ2v) is 11.3. The molecule has 47 heavy (non-hydrogen) atoms. The molecule has 0 aromatic heterocycles. The summed E-state index contributed by atoms with van der Waals surface area (Å²) < 4.78 is 0. The van der Waals surface area contributed by atoms with Gasteiger partial charge in [-0.15, -0.1) is 0 Å². The lowest BCUT2D eigenvalue weighted by Gasteiger charge is -2.19. The SMILES string of the molecule is Cc1c(CCO)cc(CCO)c(CCO)c1CCO.Cc1ccccc1.Cc1ccccc1.Cc1ccccc1.Cc1ccccc1. The molecule has 4 N–H and O–H groups in total. The summed E-state index contributed by atoms with van der Waals surface area (Å²) in [6.45, 7) is 10.6. The topological polar surface area (TPSA) is 80.9 Å². The Morgan fingerprint density at radius 1 is 0.340 bits per heavy atom. The van der Waals surface area contributed by atoms with Gasteiger partial charge in [0.15, 0.2) is 0 Å². The Morgan fingerprint density at radius 2 is 0.617 bits per heavy atom. The minimum absolute atomic E-state index is 0.0512. The number of hydrogen-bond donors (Lipinski definition) is 4. The van der Waals surface area contributed by atoms with Gasteiger partial charge in [-0.3, -0.25) is 0 Å². The van der Waals surface area contributed by atoms with Crippen LogP contribution in [0.1, 0.15) is 50.1 Å². The number of hydrogen-bond acceptors (Lipinski definition) is 4. The molecule has 4 heteroatoms. The molecule has 0 saturated carbocycles. The molecule has 5 aromatic carbocycles. The molecule has 0 aliphatic heterocycles. The van der Waals surface area contributed by atoms with Crippen LogP contribution in [0, 0.1) is 34.6 Å². The highest BCUT2D eigenvalue weighted by atomic mass is 16.3. The molecule has 0 radical (unpaired) electrons. The third-order valence-electron chi connectivity index (χ3n) is 7.28. The van der Waals surface area contributed by atoms with Crippen LogP contribution in [0.5, 0.6) is 0 Å². The molecule has 0 atom stereocenters. The van der Waals surface area contributed by atoms with Crippen LogP contribution in [0.2, 0.25) is 0 Å². The van der Waals surface area contributed by atoms with Crippen molar-refractivity contribution in [3.63, 3.8) is 0 Å². The number of rotatable bonds is 8. The van der Waals surface area contributed by atoms with Gasteiger partial charge < -0.3 is 20.4 Å². The van der Waals surface area contributed by atoms with E-state index in [4.69, 9.17) is 10.2 Å². The van der Waals surface area contributed by atoms with Gasteiger partial charge in [-0.1, -0.05) is 150 Å². The number of aliphatic hydroxyl groups is 4. The monoisotopic (exact) mass is 636 g/mol. The largest absolute Gasteiger partial charge is 0.396 e. The van der Waals surface area contributed by atoms with Crippen LogP contribution in [-0.4, -0.2) is 46.9 Å². The molecule has 5 aromatic rings. The summed E-state index contributed by atoms with van der Waals surface area (Å²) in [5, 5.41) is 36.7. The second-order valence-electron chi connectivity index (χ2n) is 11.3. The van der Waals surface area contributed by atoms with E-state index in [-0.39, 0.29) is 26.4 Å². The van der Waals surface area contributed by atoms with E-state index in [1.54, 1.807) is 0 Å². The maximum Gasteiger partial charge on any atom is 0.0471 e. The van der Waals surface area contributed by atoms with E-state index < -0.39 is 0 Å². The molecule has 4 nitrogen and oxygen atoms in total. The van der Waals surface area contributed by atoms with Crippen molar-refractivity contribution in [1.29, 1.82) is 0 Å². The summed E-state index contributed by atoms with van der Waals surface area (Å²) in [4.78, 5) is 0. The van der Waals surface area contributed by atoms with Crippen LogP contribution in [0.25, 0.3) is 0 Å². The first-order valence-electron chi connectivity index (χ1n) is 16.4. The summed E-state index contributed by atoms with van der Waals surface area (Å²) in [5.74, 6) is 0. The van der Waals surface area contributed by atoms with Crippen LogP contribution in [0.3, 0.4) is 0 Å². The molecular formula is C43H56O4. The van der Waals surface area contributed by atoms with E-state index in [2.05, 4.69) is 76.2 Å². The maximum atomic E-state index is 9.22. The van der Waals surface area contributed by atoms with E-state index >= 15 is 0 Å². The van der Waals surface area contributed by atoms with Gasteiger partial charge in [-0.25, -0.2) is 0 Å². The van der Waals surface area contributed by atoms with E-state index in [1.165, 1.54) is 22.3 Å². The molecule has 0 aliphatic carbocycles. The van der Waals surface area contributed by atoms with Crippen molar-refractivity contribution in [3.05, 3.63) is 177 Å². The highest BCUT2D eigenvalue weighted by Gasteiger charge is 2.14. The fourth-order valence-electron chi connectivity index (χ4n) is 4.75. The zero-order valence-electron chi connectivity index (χ0n) is 29.1. The van der Waals surface area contributed by atoms with Crippen LogP contribution >= 0.6 is 0 Å². The van der Waals surface area contributed by atoms with E-state index in [1.807, 2.05) is 85.8 Å². The minimum atomic E-state index is 0.0512. The maximum absolute atomic E-state index is 9.22. The molecule has 0 spiro atoms. The third kappa shape index (κ3) is 18.6. The normalized spacial score (nSPS) is 9.64. The molecule has 0 saturated heterocycles. The molecule has 0 aliphatic rings. The Bertz CT molecular complexity index is 1290. The lowest BCUT2D eigenvalue weighted by atomic mass is 9.87. The summed E-state index contributed by atoms with van der Waals surface area (Å²) in [6, 6.07) is 43.1. The molecule has 5 rings (SSSR count). The smallest absolute Gasteiger partial charge is 0.0471 e. The Balaban J connectivity index is 0.000000324. The first-order valence-corrected chi connectivity index (χ1v) is 16.4. The summed E-state index contributed by atoms with van der Waals surface area (Å²) in [5.41, 5.74) is 10.5. The summed E-state index contributed by atoms with van der Waals surface area (Å²) in [6.07, 6.45) is 2.18.